The van der Waals surface area contributed by atoms with Crippen LogP contribution in [0, 0.1) is 5.92 Å². The summed E-state index contributed by atoms with van der Waals surface area (Å²) in [6.07, 6.45) is 3.36. The zero-order valence-electron chi connectivity index (χ0n) is 18.4. The van der Waals surface area contributed by atoms with Crippen LogP contribution in [0.25, 0.3) is 22.3 Å². The number of phenolic OH excluding ortho intramolecular Hbond substituents is 1. The minimum Gasteiger partial charge on any atom is -0.507 e. The molecule has 32 heavy (non-hydrogen) atoms. The molecule has 1 aliphatic heterocycles. The molecule has 1 aliphatic rings. The number of carbonyl (C=O) groups excluding carboxylic acids is 1. The van der Waals surface area contributed by atoms with Gasteiger partial charge in [-0.05, 0) is 43.5 Å². The third-order valence-electron chi connectivity index (χ3n) is 6.54. The lowest BCUT2D eigenvalue weighted by Crippen LogP contribution is -2.53. The summed E-state index contributed by atoms with van der Waals surface area (Å²) in [6, 6.07) is 14.9. The summed E-state index contributed by atoms with van der Waals surface area (Å²) in [5.74, 6) is 0.598. The van der Waals surface area contributed by atoms with Gasteiger partial charge in [-0.25, -0.2) is 9.97 Å². The molecule has 0 spiro atoms. The molecule has 0 bridgehead atoms. The van der Waals surface area contributed by atoms with Crippen LogP contribution in [0.1, 0.15) is 39.0 Å². The van der Waals surface area contributed by atoms with E-state index < -0.39 is 11.5 Å². The Morgan fingerprint density at radius 2 is 1.81 bits per heavy atom. The van der Waals surface area contributed by atoms with Crippen molar-refractivity contribution in [3.8, 4) is 17.1 Å². The van der Waals surface area contributed by atoms with Gasteiger partial charge in [0.15, 0.2) is 5.82 Å². The molecule has 1 aromatic heterocycles. The number of aliphatic hydroxyl groups is 1. The summed E-state index contributed by atoms with van der Waals surface area (Å²) in [4.78, 5) is 23.8. The standard InChI is InChI=1S/C25H30N4O3/c1-2-3-14-25(32,24(26)31)17-12-15-29(16-13-17)23-18-8-4-6-10-20(18)27-22(28-23)19-9-5-7-11-21(19)30/h4-11,17,30,32H,2-3,12-16H2,1H3,(H2,26,31). The van der Waals surface area contributed by atoms with Crippen molar-refractivity contribution in [2.45, 2.75) is 44.6 Å². The van der Waals surface area contributed by atoms with Gasteiger partial charge in [0, 0.05) is 24.4 Å². The Morgan fingerprint density at radius 1 is 1.12 bits per heavy atom. The Bertz CT molecular complexity index is 1110. The molecule has 2 heterocycles. The number of rotatable bonds is 7. The van der Waals surface area contributed by atoms with Gasteiger partial charge in [0.05, 0.1) is 11.1 Å². The number of amides is 1. The quantitative estimate of drug-likeness (QED) is 0.523. The Balaban J connectivity index is 1.65. The number of aromatic nitrogens is 2. The maximum Gasteiger partial charge on any atom is 0.249 e. The van der Waals surface area contributed by atoms with E-state index in [9.17, 15) is 15.0 Å². The smallest absolute Gasteiger partial charge is 0.249 e. The molecule has 0 radical (unpaired) electrons. The lowest BCUT2D eigenvalue weighted by atomic mass is 9.77. The van der Waals surface area contributed by atoms with Gasteiger partial charge in [0.1, 0.15) is 17.2 Å². The predicted octanol–water partition coefficient (Wildman–Crippen LogP) is 3.63. The van der Waals surface area contributed by atoms with E-state index in [2.05, 4.69) is 9.88 Å². The van der Waals surface area contributed by atoms with Crippen LogP contribution in [0.5, 0.6) is 5.75 Å². The maximum atomic E-state index is 12.1. The molecule has 7 nitrogen and oxygen atoms in total. The number of aromatic hydroxyl groups is 1. The van der Waals surface area contributed by atoms with Gasteiger partial charge in [-0.15, -0.1) is 0 Å². The fourth-order valence-corrected chi connectivity index (χ4v) is 4.63. The summed E-state index contributed by atoms with van der Waals surface area (Å²) in [6.45, 7) is 3.33. The number of nitrogens with zero attached hydrogens (tertiary/aromatic N) is 3. The van der Waals surface area contributed by atoms with Gasteiger partial charge < -0.3 is 20.8 Å². The van der Waals surface area contributed by atoms with Gasteiger partial charge in [-0.3, -0.25) is 4.79 Å². The summed E-state index contributed by atoms with van der Waals surface area (Å²) in [5.41, 5.74) is 5.53. The van der Waals surface area contributed by atoms with Crippen molar-refractivity contribution in [1.82, 2.24) is 9.97 Å². The molecule has 7 heteroatoms. The number of anilines is 1. The van der Waals surface area contributed by atoms with Gasteiger partial charge in [-0.2, -0.15) is 0 Å². The van der Waals surface area contributed by atoms with E-state index in [4.69, 9.17) is 10.7 Å². The van der Waals surface area contributed by atoms with Gasteiger partial charge in [-0.1, -0.05) is 44.0 Å². The van der Waals surface area contributed by atoms with Crippen LogP contribution in [-0.2, 0) is 4.79 Å². The highest BCUT2D eigenvalue weighted by atomic mass is 16.3. The molecule has 4 rings (SSSR count). The number of para-hydroxylation sites is 2. The summed E-state index contributed by atoms with van der Waals surface area (Å²) < 4.78 is 0. The number of carbonyl (C=O) groups is 1. The highest BCUT2D eigenvalue weighted by Crippen LogP contribution is 2.36. The van der Waals surface area contributed by atoms with E-state index in [1.807, 2.05) is 37.3 Å². The average molecular weight is 435 g/mol. The molecular weight excluding hydrogens is 404 g/mol. The number of benzene rings is 2. The molecule has 1 amide bonds. The fraction of sp³-hybridized carbons (Fsp3) is 0.400. The first-order chi connectivity index (χ1) is 15.4. The predicted molar refractivity (Wildman–Crippen MR) is 125 cm³/mol. The minimum absolute atomic E-state index is 0.134. The highest BCUT2D eigenvalue weighted by Gasteiger charge is 2.43. The zero-order valence-corrected chi connectivity index (χ0v) is 18.4. The average Bonchev–Trinajstić information content (AvgIpc) is 2.82. The molecular formula is C25H30N4O3. The number of piperidine rings is 1. The van der Waals surface area contributed by atoms with Crippen molar-refractivity contribution in [2.24, 2.45) is 11.7 Å². The van der Waals surface area contributed by atoms with E-state index >= 15 is 0 Å². The molecule has 1 saturated heterocycles. The van der Waals surface area contributed by atoms with E-state index in [-0.39, 0.29) is 11.7 Å². The lowest BCUT2D eigenvalue weighted by Gasteiger charge is -2.40. The second-order valence-corrected chi connectivity index (χ2v) is 8.56. The number of nitrogens with two attached hydrogens (primary N) is 1. The number of phenols is 1. The van der Waals surface area contributed by atoms with E-state index in [1.54, 1.807) is 18.2 Å². The van der Waals surface area contributed by atoms with Crippen molar-refractivity contribution in [3.05, 3.63) is 48.5 Å². The number of hydrogen-bond donors (Lipinski definition) is 3. The minimum atomic E-state index is -1.46. The molecule has 4 N–H and O–H groups in total. The molecule has 1 atom stereocenters. The normalized spacial score (nSPS) is 16.8. The lowest BCUT2D eigenvalue weighted by molar-refractivity contribution is -0.144. The van der Waals surface area contributed by atoms with Crippen LogP contribution in [-0.4, -0.2) is 44.8 Å². The Labute approximate surface area is 187 Å². The van der Waals surface area contributed by atoms with Crippen LogP contribution in [0.2, 0.25) is 0 Å². The largest absolute Gasteiger partial charge is 0.507 e. The number of hydrogen-bond acceptors (Lipinski definition) is 6. The Morgan fingerprint density at radius 3 is 2.50 bits per heavy atom. The van der Waals surface area contributed by atoms with Crippen LogP contribution in [0.3, 0.4) is 0 Å². The monoisotopic (exact) mass is 434 g/mol. The van der Waals surface area contributed by atoms with Crippen molar-refractivity contribution in [3.63, 3.8) is 0 Å². The van der Waals surface area contributed by atoms with Crippen LogP contribution < -0.4 is 10.6 Å². The van der Waals surface area contributed by atoms with Crippen LogP contribution >= 0.6 is 0 Å². The maximum absolute atomic E-state index is 12.1. The second-order valence-electron chi connectivity index (χ2n) is 8.56. The third-order valence-corrected chi connectivity index (χ3v) is 6.54. The molecule has 2 aromatic carbocycles. The van der Waals surface area contributed by atoms with E-state index in [1.165, 1.54) is 0 Å². The molecule has 0 aliphatic carbocycles. The van der Waals surface area contributed by atoms with E-state index in [0.29, 0.717) is 43.7 Å². The van der Waals surface area contributed by atoms with Gasteiger partial charge >= 0.3 is 0 Å². The van der Waals surface area contributed by atoms with Crippen molar-refractivity contribution in [1.29, 1.82) is 0 Å². The van der Waals surface area contributed by atoms with Crippen LogP contribution in [0.15, 0.2) is 48.5 Å². The summed E-state index contributed by atoms with van der Waals surface area (Å²) in [7, 11) is 0. The van der Waals surface area contributed by atoms with Gasteiger partial charge in [0.2, 0.25) is 5.91 Å². The van der Waals surface area contributed by atoms with Gasteiger partial charge in [0.25, 0.3) is 0 Å². The van der Waals surface area contributed by atoms with Crippen molar-refractivity contribution >= 4 is 22.6 Å². The highest BCUT2D eigenvalue weighted by molar-refractivity contribution is 5.91. The molecule has 1 fully saturated rings. The van der Waals surface area contributed by atoms with E-state index in [0.717, 1.165) is 29.6 Å². The first kappa shape index (κ1) is 22.0. The molecule has 1 unspecified atom stereocenters. The third kappa shape index (κ3) is 4.12. The first-order valence-electron chi connectivity index (χ1n) is 11.3. The first-order valence-corrected chi connectivity index (χ1v) is 11.3. The zero-order chi connectivity index (χ0) is 22.7. The topological polar surface area (TPSA) is 113 Å². The molecule has 0 saturated carbocycles. The number of fused-ring (bicyclic) bond motifs is 1. The fourth-order valence-electron chi connectivity index (χ4n) is 4.63. The Kier molecular flexibility index (Phi) is 6.28. The van der Waals surface area contributed by atoms with Crippen LogP contribution in [0.4, 0.5) is 5.82 Å². The molecule has 168 valence electrons. The second kappa shape index (κ2) is 9.12. The summed E-state index contributed by atoms with van der Waals surface area (Å²) >= 11 is 0. The Hall–Kier alpha value is -3.19. The SMILES string of the molecule is CCCCC(O)(C(N)=O)C1CCN(c2nc(-c3ccccc3O)nc3ccccc23)CC1. The van der Waals surface area contributed by atoms with Crippen molar-refractivity contribution < 1.29 is 15.0 Å². The molecule has 3 aromatic rings. The van der Waals surface area contributed by atoms with Crippen molar-refractivity contribution in [2.75, 3.05) is 18.0 Å². The number of unbranched alkanes of at least 4 members (excludes halogenated alkanes) is 1. The number of primary amides is 1. The summed E-state index contributed by atoms with van der Waals surface area (Å²) in [5, 5.41) is 22.3.